The van der Waals surface area contributed by atoms with Crippen LogP contribution >= 0.6 is 0 Å². The highest BCUT2D eigenvalue weighted by molar-refractivity contribution is 4.66. The van der Waals surface area contributed by atoms with E-state index in [1.165, 1.54) is 45.1 Å². The molecule has 0 saturated heterocycles. The number of nitrogens with one attached hydrogen (secondary N) is 1. The lowest BCUT2D eigenvalue weighted by Gasteiger charge is -2.21. The molecule has 0 saturated carbocycles. The van der Waals surface area contributed by atoms with Gasteiger partial charge in [0.05, 0.1) is 0 Å². The minimum atomic E-state index is 0.630. The molecule has 0 aliphatic carbocycles. The Hall–Kier alpha value is -0.0400. The first-order valence-electron chi connectivity index (χ1n) is 7.29. The zero-order valence-corrected chi connectivity index (χ0v) is 12.2. The van der Waals surface area contributed by atoms with Gasteiger partial charge >= 0.3 is 0 Å². The fourth-order valence-corrected chi connectivity index (χ4v) is 2.23. The van der Waals surface area contributed by atoms with E-state index in [2.05, 4.69) is 39.9 Å². The summed E-state index contributed by atoms with van der Waals surface area (Å²) in [6, 6.07) is 0.630. The van der Waals surface area contributed by atoms with Crippen LogP contribution in [0.4, 0.5) is 0 Å². The summed E-state index contributed by atoms with van der Waals surface area (Å²) in [5.41, 5.74) is 0. The van der Waals surface area contributed by atoms with Gasteiger partial charge in [-0.2, -0.15) is 0 Å². The Morgan fingerprint density at radius 1 is 0.938 bits per heavy atom. The fourth-order valence-electron chi connectivity index (χ4n) is 2.23. The van der Waals surface area contributed by atoms with Crippen LogP contribution < -0.4 is 5.32 Å². The summed E-state index contributed by atoms with van der Waals surface area (Å²) in [5, 5.41) is 3.59. The van der Waals surface area contributed by atoms with Gasteiger partial charge in [-0.05, 0) is 31.2 Å². The van der Waals surface area contributed by atoms with Crippen LogP contribution in [0.3, 0.4) is 0 Å². The average Bonchev–Trinajstić information content (AvgIpc) is 2.19. The van der Waals surface area contributed by atoms with E-state index >= 15 is 0 Å². The van der Waals surface area contributed by atoms with Crippen molar-refractivity contribution in [3.8, 4) is 0 Å². The second-order valence-corrected chi connectivity index (χ2v) is 5.91. The summed E-state index contributed by atoms with van der Waals surface area (Å²) in [5.74, 6) is 1.73. The second kappa shape index (κ2) is 10.1. The molecule has 0 aromatic carbocycles. The molecule has 0 spiro atoms. The molecule has 0 amide bonds. The van der Waals surface area contributed by atoms with Crippen molar-refractivity contribution in [2.45, 2.75) is 79.2 Å². The minimum absolute atomic E-state index is 0.630. The Morgan fingerprint density at radius 2 is 1.62 bits per heavy atom. The van der Waals surface area contributed by atoms with Gasteiger partial charge in [-0.25, -0.2) is 0 Å². The van der Waals surface area contributed by atoms with Crippen molar-refractivity contribution in [2.75, 3.05) is 6.54 Å². The van der Waals surface area contributed by atoms with Crippen molar-refractivity contribution < 1.29 is 0 Å². The highest BCUT2D eigenvalue weighted by atomic mass is 14.9. The van der Waals surface area contributed by atoms with Crippen LogP contribution in [0.15, 0.2) is 0 Å². The molecule has 0 radical (unpaired) electrons. The Labute approximate surface area is 103 Å². The molecule has 1 unspecified atom stereocenters. The highest BCUT2D eigenvalue weighted by Gasteiger charge is 2.10. The van der Waals surface area contributed by atoms with Gasteiger partial charge in [0, 0.05) is 6.04 Å². The summed E-state index contributed by atoms with van der Waals surface area (Å²) >= 11 is 0. The van der Waals surface area contributed by atoms with Crippen LogP contribution in [0.5, 0.6) is 0 Å². The molecule has 1 heteroatoms. The zero-order valence-electron chi connectivity index (χ0n) is 12.2. The number of rotatable bonds is 10. The summed E-state index contributed by atoms with van der Waals surface area (Å²) in [7, 11) is 0. The third kappa shape index (κ3) is 10.5. The maximum absolute atomic E-state index is 3.59. The fraction of sp³-hybridized carbons (Fsp3) is 1.00. The molecule has 0 aliphatic rings. The van der Waals surface area contributed by atoms with Crippen molar-refractivity contribution >= 4 is 0 Å². The number of unbranched alkanes of at least 4 members (excludes halogenated alkanes) is 3. The van der Waals surface area contributed by atoms with E-state index in [0.717, 1.165) is 11.8 Å². The first kappa shape index (κ1) is 16.0. The van der Waals surface area contributed by atoms with Crippen LogP contribution in [0.25, 0.3) is 0 Å². The van der Waals surface area contributed by atoms with E-state index in [0.29, 0.717) is 6.04 Å². The van der Waals surface area contributed by atoms with Gasteiger partial charge in [-0.3, -0.25) is 0 Å². The number of hydrogen-bond acceptors (Lipinski definition) is 1. The van der Waals surface area contributed by atoms with E-state index in [4.69, 9.17) is 0 Å². The Morgan fingerprint density at radius 3 is 2.12 bits per heavy atom. The molecule has 0 rings (SSSR count). The van der Waals surface area contributed by atoms with Crippen molar-refractivity contribution in [1.82, 2.24) is 5.32 Å². The SMILES string of the molecule is CCCCCCC(CNC(C)C)CC(C)C. The lowest BCUT2D eigenvalue weighted by atomic mass is 9.91. The maximum atomic E-state index is 3.59. The molecule has 1 N–H and O–H groups in total. The minimum Gasteiger partial charge on any atom is -0.314 e. The van der Waals surface area contributed by atoms with Gasteiger partial charge in [0.2, 0.25) is 0 Å². The smallest absolute Gasteiger partial charge is 0.00104 e. The Balaban J connectivity index is 3.72. The van der Waals surface area contributed by atoms with Gasteiger partial charge in [0.15, 0.2) is 0 Å². The second-order valence-electron chi connectivity index (χ2n) is 5.91. The third-order valence-electron chi connectivity index (χ3n) is 3.09. The van der Waals surface area contributed by atoms with Gasteiger partial charge in [0.25, 0.3) is 0 Å². The monoisotopic (exact) mass is 227 g/mol. The lowest BCUT2D eigenvalue weighted by molar-refractivity contribution is 0.345. The van der Waals surface area contributed by atoms with Gasteiger partial charge in [0.1, 0.15) is 0 Å². The van der Waals surface area contributed by atoms with Crippen LogP contribution in [0.1, 0.15) is 73.1 Å². The first-order valence-corrected chi connectivity index (χ1v) is 7.29. The van der Waals surface area contributed by atoms with E-state index in [1.54, 1.807) is 0 Å². The van der Waals surface area contributed by atoms with Crippen molar-refractivity contribution in [2.24, 2.45) is 11.8 Å². The van der Waals surface area contributed by atoms with Crippen LogP contribution in [0, 0.1) is 11.8 Å². The molecule has 16 heavy (non-hydrogen) atoms. The molecule has 98 valence electrons. The molecule has 1 atom stereocenters. The van der Waals surface area contributed by atoms with Crippen LogP contribution in [-0.4, -0.2) is 12.6 Å². The van der Waals surface area contributed by atoms with Gasteiger partial charge in [-0.1, -0.05) is 60.3 Å². The predicted octanol–water partition coefficient (Wildman–Crippen LogP) is 4.62. The van der Waals surface area contributed by atoms with E-state index in [1.807, 2.05) is 0 Å². The van der Waals surface area contributed by atoms with E-state index in [9.17, 15) is 0 Å². The molecule has 0 heterocycles. The molecule has 0 bridgehead atoms. The molecule has 0 fully saturated rings. The quantitative estimate of drug-likeness (QED) is 0.537. The molecule has 0 aromatic heterocycles. The summed E-state index contributed by atoms with van der Waals surface area (Å²) in [4.78, 5) is 0. The average molecular weight is 227 g/mol. The van der Waals surface area contributed by atoms with Crippen molar-refractivity contribution in [3.05, 3.63) is 0 Å². The predicted molar refractivity (Wildman–Crippen MR) is 74.8 cm³/mol. The summed E-state index contributed by atoms with van der Waals surface area (Å²) in [6.45, 7) is 12.7. The topological polar surface area (TPSA) is 12.0 Å². The van der Waals surface area contributed by atoms with Gasteiger partial charge < -0.3 is 5.32 Å². The van der Waals surface area contributed by atoms with Crippen LogP contribution in [-0.2, 0) is 0 Å². The van der Waals surface area contributed by atoms with Crippen molar-refractivity contribution in [1.29, 1.82) is 0 Å². The molecular formula is C15H33N. The van der Waals surface area contributed by atoms with Crippen LogP contribution in [0.2, 0.25) is 0 Å². The summed E-state index contributed by atoms with van der Waals surface area (Å²) in [6.07, 6.45) is 8.40. The van der Waals surface area contributed by atoms with E-state index in [-0.39, 0.29) is 0 Å². The highest BCUT2D eigenvalue weighted by Crippen LogP contribution is 2.18. The first-order chi connectivity index (χ1) is 7.56. The summed E-state index contributed by atoms with van der Waals surface area (Å²) < 4.78 is 0. The standard InChI is InChI=1S/C15H33N/c1-6-7-8-9-10-15(11-13(2)3)12-16-14(4)5/h13-16H,6-12H2,1-5H3. The zero-order chi connectivity index (χ0) is 12.4. The Kier molecular flexibility index (Phi) is 10.1. The number of hydrogen-bond donors (Lipinski definition) is 1. The molecule has 0 aliphatic heterocycles. The third-order valence-corrected chi connectivity index (χ3v) is 3.09. The maximum Gasteiger partial charge on any atom is 0.00104 e. The van der Waals surface area contributed by atoms with Crippen molar-refractivity contribution in [3.63, 3.8) is 0 Å². The molecular weight excluding hydrogens is 194 g/mol. The largest absolute Gasteiger partial charge is 0.314 e. The van der Waals surface area contributed by atoms with E-state index < -0.39 is 0 Å². The normalized spacial score (nSPS) is 13.7. The van der Waals surface area contributed by atoms with Gasteiger partial charge in [-0.15, -0.1) is 0 Å². The Bertz CT molecular complexity index is 140. The molecule has 0 aromatic rings. The lowest BCUT2D eigenvalue weighted by Crippen LogP contribution is -2.29. The molecule has 1 nitrogen and oxygen atoms in total.